The van der Waals surface area contributed by atoms with Gasteiger partial charge in [0.1, 0.15) is 5.75 Å². The number of amides is 1. The standard InChI is InChI=1S/C12H14N2O4/c1-17-12(16)4-5-14-9-6-8(13)2-3-10(9)18-7-11(14)15/h2-3,6H,4-5,7,13H2,1H3. The molecule has 1 aromatic carbocycles. The first-order valence-electron chi connectivity index (χ1n) is 5.51. The molecule has 0 saturated carbocycles. The van der Waals surface area contributed by atoms with Crippen LogP contribution in [0.1, 0.15) is 6.42 Å². The van der Waals surface area contributed by atoms with E-state index in [4.69, 9.17) is 10.5 Å². The van der Waals surface area contributed by atoms with Gasteiger partial charge in [-0.1, -0.05) is 0 Å². The molecular weight excluding hydrogens is 236 g/mol. The Morgan fingerprint density at radius 3 is 3.06 bits per heavy atom. The molecule has 0 saturated heterocycles. The Balaban J connectivity index is 2.21. The Labute approximate surface area is 104 Å². The molecule has 6 nitrogen and oxygen atoms in total. The van der Waals surface area contributed by atoms with Crippen molar-refractivity contribution in [3.63, 3.8) is 0 Å². The zero-order valence-corrected chi connectivity index (χ0v) is 10.0. The third-order valence-electron chi connectivity index (χ3n) is 2.69. The van der Waals surface area contributed by atoms with E-state index in [1.54, 1.807) is 18.2 Å². The van der Waals surface area contributed by atoms with E-state index in [1.807, 2.05) is 0 Å². The molecule has 18 heavy (non-hydrogen) atoms. The number of nitrogens with zero attached hydrogens (tertiary/aromatic N) is 1. The fraction of sp³-hybridized carbons (Fsp3) is 0.333. The van der Waals surface area contributed by atoms with Crippen LogP contribution in [0.5, 0.6) is 5.75 Å². The zero-order valence-electron chi connectivity index (χ0n) is 10.0. The van der Waals surface area contributed by atoms with Gasteiger partial charge < -0.3 is 20.1 Å². The van der Waals surface area contributed by atoms with Crippen LogP contribution in [0.3, 0.4) is 0 Å². The summed E-state index contributed by atoms with van der Waals surface area (Å²) < 4.78 is 9.85. The van der Waals surface area contributed by atoms with E-state index in [9.17, 15) is 9.59 Å². The second-order valence-electron chi connectivity index (χ2n) is 3.89. The highest BCUT2D eigenvalue weighted by Gasteiger charge is 2.25. The summed E-state index contributed by atoms with van der Waals surface area (Å²) in [6.45, 7) is 0.226. The fourth-order valence-electron chi connectivity index (χ4n) is 1.77. The summed E-state index contributed by atoms with van der Waals surface area (Å²) >= 11 is 0. The van der Waals surface area contributed by atoms with Gasteiger partial charge in [-0.05, 0) is 18.2 Å². The molecule has 2 rings (SSSR count). The van der Waals surface area contributed by atoms with Gasteiger partial charge in [0.25, 0.3) is 5.91 Å². The van der Waals surface area contributed by atoms with Crippen molar-refractivity contribution in [2.24, 2.45) is 0 Å². The number of carbonyl (C=O) groups is 2. The van der Waals surface area contributed by atoms with Crippen molar-refractivity contribution < 1.29 is 19.1 Å². The summed E-state index contributed by atoms with van der Waals surface area (Å²) in [6.07, 6.45) is 0.135. The van der Waals surface area contributed by atoms with Crippen LogP contribution in [-0.4, -0.2) is 32.1 Å². The molecule has 0 fully saturated rings. The number of methoxy groups -OCH3 is 1. The molecular formula is C12H14N2O4. The highest BCUT2D eigenvalue weighted by atomic mass is 16.5. The molecule has 2 N–H and O–H groups in total. The van der Waals surface area contributed by atoms with Crippen molar-refractivity contribution in [2.45, 2.75) is 6.42 Å². The molecule has 0 radical (unpaired) electrons. The van der Waals surface area contributed by atoms with Crippen LogP contribution in [-0.2, 0) is 14.3 Å². The predicted octanol–water partition coefficient (Wildman–Crippen LogP) is 0.557. The second-order valence-corrected chi connectivity index (χ2v) is 3.89. The smallest absolute Gasteiger partial charge is 0.307 e. The SMILES string of the molecule is COC(=O)CCN1C(=O)COc2ccc(N)cc21. The molecule has 1 heterocycles. The van der Waals surface area contributed by atoms with Crippen LogP contribution in [0.25, 0.3) is 0 Å². The minimum absolute atomic E-state index is 0.0297. The van der Waals surface area contributed by atoms with E-state index in [2.05, 4.69) is 4.74 Å². The monoisotopic (exact) mass is 250 g/mol. The van der Waals surface area contributed by atoms with Crippen molar-refractivity contribution in [3.8, 4) is 5.75 Å². The molecule has 0 unspecified atom stereocenters. The molecule has 0 aromatic heterocycles. The van der Waals surface area contributed by atoms with Gasteiger partial charge in [0.2, 0.25) is 0 Å². The minimum atomic E-state index is -0.361. The maximum Gasteiger partial charge on any atom is 0.307 e. The number of anilines is 2. The van der Waals surface area contributed by atoms with Crippen LogP contribution >= 0.6 is 0 Å². The van der Waals surface area contributed by atoms with Crippen LogP contribution in [0.2, 0.25) is 0 Å². The Morgan fingerprint density at radius 2 is 2.33 bits per heavy atom. The van der Waals surface area contributed by atoms with Gasteiger partial charge in [0.05, 0.1) is 19.2 Å². The lowest BCUT2D eigenvalue weighted by Crippen LogP contribution is -2.40. The number of nitrogens with two attached hydrogens (primary N) is 1. The number of hydrogen-bond donors (Lipinski definition) is 1. The van der Waals surface area contributed by atoms with Crippen molar-refractivity contribution in [3.05, 3.63) is 18.2 Å². The summed E-state index contributed by atoms with van der Waals surface area (Å²) in [5, 5.41) is 0. The number of fused-ring (bicyclic) bond motifs is 1. The van der Waals surface area contributed by atoms with Gasteiger partial charge in [0, 0.05) is 12.2 Å². The Bertz CT molecular complexity index is 487. The number of benzene rings is 1. The van der Waals surface area contributed by atoms with Crippen molar-refractivity contribution in [2.75, 3.05) is 30.9 Å². The lowest BCUT2D eigenvalue weighted by atomic mass is 10.2. The van der Waals surface area contributed by atoms with Crippen LogP contribution in [0.15, 0.2) is 18.2 Å². The quantitative estimate of drug-likeness (QED) is 0.626. The molecule has 0 spiro atoms. The van der Waals surface area contributed by atoms with E-state index in [0.717, 1.165) is 0 Å². The summed E-state index contributed by atoms with van der Waals surface area (Å²) in [6, 6.07) is 5.07. The molecule has 0 aliphatic carbocycles. The Morgan fingerprint density at radius 1 is 1.56 bits per heavy atom. The van der Waals surface area contributed by atoms with Gasteiger partial charge in [-0.3, -0.25) is 9.59 Å². The summed E-state index contributed by atoms with van der Waals surface area (Å²) in [5.41, 5.74) is 6.82. The third-order valence-corrected chi connectivity index (χ3v) is 2.69. The summed E-state index contributed by atoms with van der Waals surface area (Å²) in [7, 11) is 1.31. The molecule has 6 heteroatoms. The van der Waals surface area contributed by atoms with Gasteiger partial charge in [-0.2, -0.15) is 0 Å². The molecule has 96 valence electrons. The zero-order chi connectivity index (χ0) is 13.1. The number of rotatable bonds is 3. The lowest BCUT2D eigenvalue weighted by Gasteiger charge is -2.29. The number of carbonyl (C=O) groups excluding carboxylic acids is 2. The lowest BCUT2D eigenvalue weighted by molar-refractivity contribution is -0.140. The summed E-state index contributed by atoms with van der Waals surface area (Å²) in [5.74, 6) is 0.0328. The molecule has 1 aliphatic heterocycles. The van der Waals surface area contributed by atoms with Crippen LogP contribution in [0, 0.1) is 0 Å². The number of esters is 1. The van der Waals surface area contributed by atoms with Crippen LogP contribution in [0.4, 0.5) is 11.4 Å². The molecule has 1 amide bonds. The van der Waals surface area contributed by atoms with Crippen molar-refractivity contribution in [1.82, 2.24) is 0 Å². The molecule has 1 aromatic rings. The predicted molar refractivity (Wildman–Crippen MR) is 65.3 cm³/mol. The first-order chi connectivity index (χ1) is 8.61. The minimum Gasteiger partial charge on any atom is -0.482 e. The maximum atomic E-state index is 11.8. The maximum absolute atomic E-state index is 11.8. The first-order valence-corrected chi connectivity index (χ1v) is 5.51. The van der Waals surface area contributed by atoms with E-state index in [1.165, 1.54) is 12.0 Å². The Kier molecular flexibility index (Phi) is 3.36. The number of nitrogen functional groups attached to an aromatic ring is 1. The molecule has 0 bridgehead atoms. The van der Waals surface area contributed by atoms with Crippen molar-refractivity contribution in [1.29, 1.82) is 0 Å². The third kappa shape index (κ3) is 2.37. The highest BCUT2D eigenvalue weighted by Crippen LogP contribution is 2.33. The number of ether oxygens (including phenoxy) is 2. The van der Waals surface area contributed by atoms with Gasteiger partial charge in [-0.25, -0.2) is 0 Å². The normalized spacial score (nSPS) is 13.8. The fourth-order valence-corrected chi connectivity index (χ4v) is 1.77. The van der Waals surface area contributed by atoms with E-state index in [0.29, 0.717) is 17.1 Å². The number of hydrogen-bond acceptors (Lipinski definition) is 5. The molecule has 0 atom stereocenters. The van der Waals surface area contributed by atoms with E-state index < -0.39 is 0 Å². The van der Waals surface area contributed by atoms with Gasteiger partial charge in [-0.15, -0.1) is 0 Å². The summed E-state index contributed by atoms with van der Waals surface area (Å²) in [4.78, 5) is 24.4. The topological polar surface area (TPSA) is 81.9 Å². The average molecular weight is 250 g/mol. The van der Waals surface area contributed by atoms with Crippen molar-refractivity contribution >= 4 is 23.3 Å². The van der Waals surface area contributed by atoms with E-state index in [-0.39, 0.29) is 31.4 Å². The highest BCUT2D eigenvalue weighted by molar-refractivity contribution is 5.98. The first kappa shape index (κ1) is 12.2. The Hall–Kier alpha value is -2.24. The largest absolute Gasteiger partial charge is 0.482 e. The average Bonchev–Trinajstić information content (AvgIpc) is 2.37. The van der Waals surface area contributed by atoms with Crippen LogP contribution < -0.4 is 15.4 Å². The van der Waals surface area contributed by atoms with Gasteiger partial charge in [0.15, 0.2) is 6.61 Å². The second kappa shape index (κ2) is 4.95. The molecule has 1 aliphatic rings. The van der Waals surface area contributed by atoms with E-state index >= 15 is 0 Å². The van der Waals surface area contributed by atoms with Gasteiger partial charge >= 0.3 is 5.97 Å².